The molecule has 0 aliphatic rings. The molecule has 1 heterocycles. The van der Waals surface area contributed by atoms with E-state index >= 15 is 0 Å². The highest BCUT2D eigenvalue weighted by Crippen LogP contribution is 2.27. The average molecular weight is 208 g/mol. The second-order valence-corrected chi connectivity index (χ2v) is 3.69. The van der Waals surface area contributed by atoms with E-state index in [-0.39, 0.29) is 5.82 Å². The summed E-state index contributed by atoms with van der Waals surface area (Å²) in [6.45, 7) is 0.413. The molecule has 0 bridgehead atoms. The first-order chi connectivity index (χ1) is 6.81. The number of nitrogens with two attached hydrogens (primary N) is 1. The van der Waals surface area contributed by atoms with Gasteiger partial charge in [0.1, 0.15) is 5.82 Å². The number of hydrogen-bond acceptors (Lipinski definition) is 3. The van der Waals surface area contributed by atoms with Crippen LogP contribution >= 0.6 is 11.3 Å². The molecule has 0 amide bonds. The smallest absolute Gasteiger partial charge is 0.123 e. The van der Waals surface area contributed by atoms with E-state index in [1.165, 1.54) is 23.5 Å². The van der Waals surface area contributed by atoms with Gasteiger partial charge in [-0.2, -0.15) is 0 Å². The summed E-state index contributed by atoms with van der Waals surface area (Å²) in [6, 6.07) is 6.36. The summed E-state index contributed by atoms with van der Waals surface area (Å²) >= 11 is 1.52. The molecule has 14 heavy (non-hydrogen) atoms. The normalized spacial score (nSPS) is 10.4. The van der Waals surface area contributed by atoms with E-state index in [1.807, 2.05) is 0 Å². The number of aromatic nitrogens is 1. The molecule has 0 saturated carbocycles. The van der Waals surface area contributed by atoms with Crippen molar-refractivity contribution >= 4 is 11.3 Å². The van der Waals surface area contributed by atoms with Crippen molar-refractivity contribution in [1.29, 1.82) is 0 Å². The van der Waals surface area contributed by atoms with Crippen molar-refractivity contribution in [2.45, 2.75) is 6.54 Å². The van der Waals surface area contributed by atoms with Crippen molar-refractivity contribution in [3.63, 3.8) is 0 Å². The van der Waals surface area contributed by atoms with Gasteiger partial charge in [0.2, 0.25) is 0 Å². The van der Waals surface area contributed by atoms with Crippen LogP contribution in [0.4, 0.5) is 4.39 Å². The van der Waals surface area contributed by atoms with Crippen LogP contribution in [-0.4, -0.2) is 4.98 Å². The molecule has 1 aromatic heterocycles. The van der Waals surface area contributed by atoms with Gasteiger partial charge in [-0.1, -0.05) is 12.1 Å². The van der Waals surface area contributed by atoms with Crippen LogP contribution in [0.2, 0.25) is 0 Å². The van der Waals surface area contributed by atoms with Crippen LogP contribution in [-0.2, 0) is 6.54 Å². The monoisotopic (exact) mass is 208 g/mol. The maximum atomic E-state index is 12.7. The lowest BCUT2D eigenvalue weighted by Crippen LogP contribution is -1.97. The van der Waals surface area contributed by atoms with Gasteiger partial charge in [0.05, 0.1) is 16.1 Å². The Kier molecular flexibility index (Phi) is 2.56. The third kappa shape index (κ3) is 1.66. The third-order valence-corrected chi connectivity index (χ3v) is 2.86. The predicted molar refractivity (Wildman–Crippen MR) is 55.4 cm³/mol. The summed E-state index contributed by atoms with van der Waals surface area (Å²) in [5.74, 6) is -0.229. The van der Waals surface area contributed by atoms with Gasteiger partial charge in [0.25, 0.3) is 0 Å². The first-order valence-corrected chi connectivity index (χ1v) is 5.07. The third-order valence-electron chi connectivity index (χ3n) is 1.94. The van der Waals surface area contributed by atoms with Crippen molar-refractivity contribution in [1.82, 2.24) is 4.98 Å². The van der Waals surface area contributed by atoms with Gasteiger partial charge < -0.3 is 5.73 Å². The van der Waals surface area contributed by atoms with Gasteiger partial charge in [-0.25, -0.2) is 9.37 Å². The largest absolute Gasteiger partial charge is 0.325 e. The van der Waals surface area contributed by atoms with E-state index in [0.29, 0.717) is 6.54 Å². The van der Waals surface area contributed by atoms with Gasteiger partial charge >= 0.3 is 0 Å². The lowest BCUT2D eigenvalue weighted by atomic mass is 10.1. The van der Waals surface area contributed by atoms with Crippen molar-refractivity contribution in [2.75, 3.05) is 0 Å². The van der Waals surface area contributed by atoms with E-state index < -0.39 is 0 Å². The van der Waals surface area contributed by atoms with Crippen molar-refractivity contribution in [3.8, 4) is 10.4 Å². The number of rotatable bonds is 2. The molecule has 2 nitrogen and oxygen atoms in total. The Bertz CT molecular complexity index is 422. The molecule has 72 valence electrons. The zero-order valence-corrected chi connectivity index (χ0v) is 8.22. The molecule has 0 fully saturated rings. The molecule has 0 aliphatic carbocycles. The predicted octanol–water partition coefficient (Wildman–Crippen LogP) is 2.41. The molecule has 0 aliphatic heterocycles. The maximum absolute atomic E-state index is 12.7. The zero-order chi connectivity index (χ0) is 9.97. The Morgan fingerprint density at radius 3 is 2.64 bits per heavy atom. The number of hydrogen-bond donors (Lipinski definition) is 1. The summed E-state index contributed by atoms with van der Waals surface area (Å²) < 4.78 is 12.7. The van der Waals surface area contributed by atoms with Crippen LogP contribution in [0.1, 0.15) is 5.69 Å². The number of thiazole rings is 1. The molecule has 0 atom stereocenters. The highest BCUT2D eigenvalue weighted by molar-refractivity contribution is 7.13. The van der Waals surface area contributed by atoms with E-state index in [1.54, 1.807) is 17.6 Å². The highest BCUT2D eigenvalue weighted by atomic mass is 32.1. The minimum atomic E-state index is -0.229. The summed E-state index contributed by atoms with van der Waals surface area (Å²) in [5, 5.41) is 0. The van der Waals surface area contributed by atoms with E-state index in [4.69, 9.17) is 5.73 Å². The van der Waals surface area contributed by atoms with Crippen molar-refractivity contribution in [2.24, 2.45) is 5.73 Å². The van der Waals surface area contributed by atoms with Gasteiger partial charge in [-0.05, 0) is 17.7 Å². The average Bonchev–Trinajstić information content (AvgIpc) is 2.67. The fourth-order valence-corrected chi connectivity index (χ4v) is 2.08. The van der Waals surface area contributed by atoms with Crippen LogP contribution in [0.15, 0.2) is 29.8 Å². The summed E-state index contributed by atoms with van der Waals surface area (Å²) in [5.41, 5.74) is 9.11. The second-order valence-electron chi connectivity index (χ2n) is 2.84. The first kappa shape index (κ1) is 9.30. The molecule has 2 rings (SSSR count). The van der Waals surface area contributed by atoms with Gasteiger partial charge in [0.15, 0.2) is 0 Å². The van der Waals surface area contributed by atoms with Crippen LogP contribution in [0, 0.1) is 5.82 Å². The standard InChI is InChI=1S/C10H9FN2S/c11-8-3-1-7(2-4-8)10-9(5-12)13-6-14-10/h1-4,6H,5,12H2. The van der Waals surface area contributed by atoms with E-state index in [9.17, 15) is 4.39 Å². The van der Waals surface area contributed by atoms with Crippen LogP contribution in [0.25, 0.3) is 10.4 Å². The quantitative estimate of drug-likeness (QED) is 0.823. The first-order valence-electron chi connectivity index (χ1n) is 4.19. The Balaban J connectivity index is 2.44. The second kappa shape index (κ2) is 3.86. The molecule has 0 saturated heterocycles. The number of nitrogens with zero attached hydrogens (tertiary/aromatic N) is 1. The molecule has 1 aromatic carbocycles. The van der Waals surface area contributed by atoms with Crippen molar-refractivity contribution < 1.29 is 4.39 Å². The van der Waals surface area contributed by atoms with Crippen molar-refractivity contribution in [3.05, 3.63) is 41.3 Å². The Hall–Kier alpha value is -1.26. The van der Waals surface area contributed by atoms with Gasteiger partial charge in [-0.3, -0.25) is 0 Å². The van der Waals surface area contributed by atoms with E-state index in [0.717, 1.165) is 16.1 Å². The van der Waals surface area contributed by atoms with Crippen LogP contribution in [0.3, 0.4) is 0 Å². The summed E-state index contributed by atoms with van der Waals surface area (Å²) in [6.07, 6.45) is 0. The Morgan fingerprint density at radius 2 is 2.00 bits per heavy atom. The van der Waals surface area contributed by atoms with E-state index in [2.05, 4.69) is 4.98 Å². The fraction of sp³-hybridized carbons (Fsp3) is 0.100. The maximum Gasteiger partial charge on any atom is 0.123 e. The van der Waals surface area contributed by atoms with Gasteiger partial charge in [0, 0.05) is 6.54 Å². The van der Waals surface area contributed by atoms with Crippen LogP contribution < -0.4 is 5.73 Å². The molecule has 0 unspecified atom stereocenters. The Morgan fingerprint density at radius 1 is 1.29 bits per heavy atom. The minimum Gasteiger partial charge on any atom is -0.325 e. The Labute approximate surface area is 85.2 Å². The molecular formula is C10H9FN2S. The minimum absolute atomic E-state index is 0.229. The number of halogens is 1. The molecule has 2 N–H and O–H groups in total. The lowest BCUT2D eigenvalue weighted by molar-refractivity contribution is 0.628. The van der Waals surface area contributed by atoms with Crippen LogP contribution in [0.5, 0.6) is 0 Å². The molecular weight excluding hydrogens is 199 g/mol. The zero-order valence-electron chi connectivity index (χ0n) is 7.40. The summed E-state index contributed by atoms with van der Waals surface area (Å²) in [4.78, 5) is 5.15. The fourth-order valence-electron chi connectivity index (χ4n) is 1.25. The molecule has 0 spiro atoms. The lowest BCUT2D eigenvalue weighted by Gasteiger charge is -1.99. The molecule has 2 aromatic rings. The summed E-state index contributed by atoms with van der Waals surface area (Å²) in [7, 11) is 0. The number of benzene rings is 1. The molecule has 0 radical (unpaired) electrons. The SMILES string of the molecule is NCc1ncsc1-c1ccc(F)cc1. The highest BCUT2D eigenvalue weighted by Gasteiger charge is 2.06. The topological polar surface area (TPSA) is 38.9 Å². The van der Waals surface area contributed by atoms with Gasteiger partial charge in [-0.15, -0.1) is 11.3 Å². The molecule has 4 heteroatoms.